The standard InChI is InChI=1S/C14H13BrFNO2S/c1-10-3-6-12(7-4-10)20(18,19)17(2)14-8-5-11(16)9-13(14)15/h3-9H,1-2H3. The van der Waals surface area contributed by atoms with Crippen LogP contribution in [0.3, 0.4) is 0 Å². The van der Waals surface area contributed by atoms with Crippen molar-refractivity contribution < 1.29 is 12.8 Å². The predicted octanol–water partition coefficient (Wildman–Crippen LogP) is 3.72. The molecule has 106 valence electrons. The van der Waals surface area contributed by atoms with Crippen LogP contribution in [0.5, 0.6) is 0 Å². The van der Waals surface area contributed by atoms with Gasteiger partial charge < -0.3 is 0 Å². The third-order valence-corrected chi connectivity index (χ3v) is 5.35. The number of anilines is 1. The SMILES string of the molecule is Cc1ccc(S(=O)(=O)N(C)c2ccc(F)cc2Br)cc1. The maximum Gasteiger partial charge on any atom is 0.264 e. The Labute approximate surface area is 126 Å². The van der Waals surface area contributed by atoms with Crippen LogP contribution in [0.15, 0.2) is 51.8 Å². The second kappa shape index (κ2) is 5.54. The molecule has 20 heavy (non-hydrogen) atoms. The van der Waals surface area contributed by atoms with Gasteiger partial charge in [0.15, 0.2) is 0 Å². The molecule has 0 atom stereocenters. The highest BCUT2D eigenvalue weighted by atomic mass is 79.9. The van der Waals surface area contributed by atoms with Gasteiger partial charge in [-0.3, -0.25) is 4.31 Å². The first-order valence-corrected chi connectivity index (χ1v) is 8.06. The zero-order valence-electron chi connectivity index (χ0n) is 11.0. The molecular weight excluding hydrogens is 345 g/mol. The van der Waals surface area contributed by atoms with E-state index in [1.807, 2.05) is 6.92 Å². The molecule has 0 radical (unpaired) electrons. The Bertz CT molecular complexity index is 729. The minimum atomic E-state index is -3.66. The van der Waals surface area contributed by atoms with Gasteiger partial charge in [0, 0.05) is 11.5 Å². The van der Waals surface area contributed by atoms with E-state index in [2.05, 4.69) is 15.9 Å². The van der Waals surface area contributed by atoms with Gasteiger partial charge in [-0.15, -0.1) is 0 Å². The number of rotatable bonds is 3. The lowest BCUT2D eigenvalue weighted by molar-refractivity contribution is 0.594. The van der Waals surface area contributed by atoms with Gasteiger partial charge in [0.1, 0.15) is 5.82 Å². The number of benzene rings is 2. The molecule has 2 rings (SSSR count). The van der Waals surface area contributed by atoms with Crippen LogP contribution in [-0.2, 0) is 10.0 Å². The van der Waals surface area contributed by atoms with Crippen LogP contribution in [-0.4, -0.2) is 15.5 Å². The number of halogens is 2. The summed E-state index contributed by atoms with van der Waals surface area (Å²) in [6, 6.07) is 10.5. The fourth-order valence-electron chi connectivity index (χ4n) is 1.73. The van der Waals surface area contributed by atoms with Crippen LogP contribution in [0, 0.1) is 12.7 Å². The molecule has 0 spiro atoms. The maximum absolute atomic E-state index is 13.1. The average molecular weight is 358 g/mol. The monoisotopic (exact) mass is 357 g/mol. The summed E-state index contributed by atoms with van der Waals surface area (Å²) in [7, 11) is -2.23. The lowest BCUT2D eigenvalue weighted by atomic mass is 10.2. The van der Waals surface area contributed by atoms with Crippen molar-refractivity contribution in [1.29, 1.82) is 0 Å². The Balaban J connectivity index is 2.45. The summed E-state index contributed by atoms with van der Waals surface area (Å²) in [6.07, 6.45) is 0. The Morgan fingerprint density at radius 3 is 2.25 bits per heavy atom. The Kier molecular flexibility index (Phi) is 4.15. The molecule has 0 amide bonds. The van der Waals surface area contributed by atoms with Gasteiger partial charge in [0.2, 0.25) is 0 Å². The van der Waals surface area contributed by atoms with Crippen molar-refractivity contribution in [1.82, 2.24) is 0 Å². The molecule has 6 heteroatoms. The van der Waals surface area contributed by atoms with Crippen molar-refractivity contribution in [3.8, 4) is 0 Å². The molecule has 0 unspecified atom stereocenters. The van der Waals surface area contributed by atoms with Crippen molar-refractivity contribution in [2.45, 2.75) is 11.8 Å². The molecule has 2 aromatic carbocycles. The molecule has 0 fully saturated rings. The first-order valence-electron chi connectivity index (χ1n) is 5.83. The molecule has 2 aromatic rings. The van der Waals surface area contributed by atoms with Gasteiger partial charge in [0.05, 0.1) is 10.6 Å². The van der Waals surface area contributed by atoms with E-state index in [0.717, 1.165) is 9.87 Å². The molecule has 0 saturated carbocycles. The average Bonchev–Trinajstić information content (AvgIpc) is 2.38. The topological polar surface area (TPSA) is 37.4 Å². The van der Waals surface area contributed by atoms with E-state index >= 15 is 0 Å². The fourth-order valence-corrected chi connectivity index (χ4v) is 3.68. The number of hydrogen-bond donors (Lipinski definition) is 0. The highest BCUT2D eigenvalue weighted by molar-refractivity contribution is 9.10. The van der Waals surface area contributed by atoms with E-state index in [1.165, 1.54) is 25.2 Å². The van der Waals surface area contributed by atoms with Crippen LogP contribution >= 0.6 is 15.9 Å². The quantitative estimate of drug-likeness (QED) is 0.839. The van der Waals surface area contributed by atoms with Gasteiger partial charge in [-0.25, -0.2) is 12.8 Å². The van der Waals surface area contributed by atoms with Crippen LogP contribution < -0.4 is 4.31 Å². The molecule has 0 aliphatic rings. The summed E-state index contributed by atoms with van der Waals surface area (Å²) in [6.45, 7) is 1.89. The van der Waals surface area contributed by atoms with E-state index in [1.54, 1.807) is 24.3 Å². The Morgan fingerprint density at radius 2 is 1.70 bits per heavy atom. The van der Waals surface area contributed by atoms with Crippen molar-refractivity contribution >= 4 is 31.6 Å². The first-order chi connectivity index (χ1) is 9.32. The molecule has 0 aliphatic heterocycles. The summed E-state index contributed by atoms with van der Waals surface area (Å²) in [5.41, 5.74) is 1.36. The lowest BCUT2D eigenvalue weighted by Crippen LogP contribution is -2.26. The van der Waals surface area contributed by atoms with Crippen LogP contribution in [0.4, 0.5) is 10.1 Å². The molecule has 0 aliphatic carbocycles. The van der Waals surface area contributed by atoms with Gasteiger partial charge in [0.25, 0.3) is 10.0 Å². The third-order valence-electron chi connectivity index (χ3n) is 2.93. The molecule has 0 N–H and O–H groups in total. The molecular formula is C14H13BrFNO2S. The van der Waals surface area contributed by atoms with Crippen molar-refractivity contribution in [3.05, 3.63) is 58.3 Å². The summed E-state index contributed by atoms with van der Waals surface area (Å²) in [5, 5.41) is 0. The van der Waals surface area contributed by atoms with Crippen molar-refractivity contribution in [2.24, 2.45) is 0 Å². The summed E-state index contributed by atoms with van der Waals surface area (Å²) < 4.78 is 39.6. The molecule has 0 saturated heterocycles. The zero-order valence-corrected chi connectivity index (χ0v) is 13.4. The van der Waals surface area contributed by atoms with E-state index < -0.39 is 15.8 Å². The highest BCUT2D eigenvalue weighted by Crippen LogP contribution is 2.30. The Hall–Kier alpha value is -1.40. The zero-order chi connectivity index (χ0) is 14.9. The van der Waals surface area contributed by atoms with E-state index in [-0.39, 0.29) is 4.90 Å². The van der Waals surface area contributed by atoms with Crippen molar-refractivity contribution in [3.63, 3.8) is 0 Å². The fraction of sp³-hybridized carbons (Fsp3) is 0.143. The second-order valence-electron chi connectivity index (χ2n) is 4.38. The molecule has 0 bridgehead atoms. The summed E-state index contributed by atoms with van der Waals surface area (Å²) in [5.74, 6) is -0.429. The second-order valence-corrected chi connectivity index (χ2v) is 7.20. The van der Waals surface area contributed by atoms with E-state index in [0.29, 0.717) is 10.2 Å². The maximum atomic E-state index is 13.1. The molecule has 3 nitrogen and oxygen atoms in total. The third kappa shape index (κ3) is 2.86. The number of sulfonamides is 1. The minimum Gasteiger partial charge on any atom is -0.268 e. The normalized spacial score (nSPS) is 11.4. The van der Waals surface area contributed by atoms with Gasteiger partial charge in [-0.2, -0.15) is 0 Å². The summed E-state index contributed by atoms with van der Waals surface area (Å²) >= 11 is 3.18. The van der Waals surface area contributed by atoms with E-state index in [4.69, 9.17) is 0 Å². The van der Waals surface area contributed by atoms with Crippen molar-refractivity contribution in [2.75, 3.05) is 11.4 Å². The summed E-state index contributed by atoms with van der Waals surface area (Å²) in [4.78, 5) is 0.196. The number of aryl methyl sites for hydroxylation is 1. The van der Waals surface area contributed by atoms with Gasteiger partial charge in [-0.1, -0.05) is 17.7 Å². The van der Waals surface area contributed by atoms with Gasteiger partial charge in [-0.05, 0) is 53.2 Å². The van der Waals surface area contributed by atoms with Crippen LogP contribution in [0.1, 0.15) is 5.56 Å². The van der Waals surface area contributed by atoms with Crippen LogP contribution in [0.2, 0.25) is 0 Å². The highest BCUT2D eigenvalue weighted by Gasteiger charge is 2.22. The number of nitrogens with zero attached hydrogens (tertiary/aromatic N) is 1. The Morgan fingerprint density at radius 1 is 1.10 bits per heavy atom. The lowest BCUT2D eigenvalue weighted by Gasteiger charge is -2.20. The van der Waals surface area contributed by atoms with Gasteiger partial charge >= 0.3 is 0 Å². The minimum absolute atomic E-state index is 0.196. The number of hydrogen-bond acceptors (Lipinski definition) is 2. The largest absolute Gasteiger partial charge is 0.268 e. The van der Waals surface area contributed by atoms with Crippen LogP contribution in [0.25, 0.3) is 0 Å². The van der Waals surface area contributed by atoms with E-state index in [9.17, 15) is 12.8 Å². The first kappa shape index (κ1) is 15.0. The molecule has 0 heterocycles. The molecule has 0 aromatic heterocycles. The smallest absolute Gasteiger partial charge is 0.264 e. The predicted molar refractivity (Wildman–Crippen MR) is 80.9 cm³/mol.